The van der Waals surface area contributed by atoms with E-state index in [0.717, 1.165) is 6.26 Å². The fourth-order valence-corrected chi connectivity index (χ4v) is 2.24. The van der Waals surface area contributed by atoms with Gasteiger partial charge in [0.05, 0.1) is 12.6 Å². The Kier molecular flexibility index (Phi) is 4.26. The van der Waals surface area contributed by atoms with Gasteiger partial charge in [0.2, 0.25) is 5.91 Å². The Bertz CT molecular complexity index is 483. The van der Waals surface area contributed by atoms with Crippen LogP contribution in [0.1, 0.15) is 20.8 Å². The summed E-state index contributed by atoms with van der Waals surface area (Å²) in [4.78, 5) is 24.5. The molecular formula is C11H19NO6S. The van der Waals surface area contributed by atoms with Crippen molar-refractivity contribution in [2.45, 2.75) is 37.7 Å². The first-order valence-corrected chi connectivity index (χ1v) is 7.73. The molecule has 0 spiro atoms. The number of rotatable bonds is 3. The first-order valence-electron chi connectivity index (χ1n) is 5.84. The number of morpholine rings is 1. The van der Waals surface area contributed by atoms with Crippen LogP contribution in [0.4, 0.5) is 0 Å². The number of carboxylic acid groups (broad SMARTS) is 1. The molecule has 0 aliphatic carbocycles. The van der Waals surface area contributed by atoms with Crippen LogP contribution in [0.2, 0.25) is 0 Å². The maximum absolute atomic E-state index is 12.3. The first kappa shape index (κ1) is 15.9. The van der Waals surface area contributed by atoms with Gasteiger partial charge in [-0.1, -0.05) is 0 Å². The lowest BCUT2D eigenvalue weighted by Gasteiger charge is -2.38. The lowest BCUT2D eigenvalue weighted by Crippen LogP contribution is -2.58. The number of aliphatic carboxylic acids is 1. The minimum atomic E-state index is -3.59. The Morgan fingerprint density at radius 3 is 2.26 bits per heavy atom. The molecule has 1 aliphatic heterocycles. The number of hydrogen-bond donors (Lipinski definition) is 1. The van der Waals surface area contributed by atoms with Crippen LogP contribution >= 0.6 is 0 Å². The Balaban J connectivity index is 2.97. The molecule has 1 amide bonds. The zero-order valence-electron chi connectivity index (χ0n) is 11.4. The van der Waals surface area contributed by atoms with E-state index in [1.165, 1.54) is 18.7 Å². The molecule has 2 atom stereocenters. The molecule has 1 aliphatic rings. The van der Waals surface area contributed by atoms with Crippen molar-refractivity contribution in [3.05, 3.63) is 0 Å². The lowest BCUT2D eigenvalue weighted by atomic mass is 10.1. The van der Waals surface area contributed by atoms with Gasteiger partial charge in [-0.15, -0.1) is 0 Å². The van der Waals surface area contributed by atoms with Gasteiger partial charge in [0, 0.05) is 12.8 Å². The van der Waals surface area contributed by atoms with Crippen LogP contribution in [-0.4, -0.2) is 66.6 Å². The summed E-state index contributed by atoms with van der Waals surface area (Å²) >= 11 is 0. The van der Waals surface area contributed by atoms with Gasteiger partial charge < -0.3 is 14.7 Å². The third kappa shape index (κ3) is 3.24. The van der Waals surface area contributed by atoms with Gasteiger partial charge in [-0.05, 0) is 20.8 Å². The summed E-state index contributed by atoms with van der Waals surface area (Å²) in [6.07, 6.45) is -0.582. The Morgan fingerprint density at radius 2 is 1.84 bits per heavy atom. The number of sulfone groups is 1. The van der Waals surface area contributed by atoms with Gasteiger partial charge in [-0.2, -0.15) is 0 Å². The second-order valence-corrected chi connectivity index (χ2v) is 7.83. The van der Waals surface area contributed by atoms with Crippen molar-refractivity contribution in [2.75, 3.05) is 19.3 Å². The van der Waals surface area contributed by atoms with Crippen molar-refractivity contribution in [3.8, 4) is 0 Å². The van der Waals surface area contributed by atoms with E-state index in [9.17, 15) is 18.0 Å². The van der Waals surface area contributed by atoms with Gasteiger partial charge >= 0.3 is 5.97 Å². The molecule has 1 fully saturated rings. The van der Waals surface area contributed by atoms with E-state index in [0.29, 0.717) is 0 Å². The van der Waals surface area contributed by atoms with Crippen LogP contribution in [0, 0.1) is 0 Å². The summed E-state index contributed by atoms with van der Waals surface area (Å²) < 4.78 is 26.9. The van der Waals surface area contributed by atoms with Gasteiger partial charge in [0.1, 0.15) is 4.75 Å². The largest absolute Gasteiger partial charge is 0.479 e. The first-order chi connectivity index (χ1) is 8.46. The van der Waals surface area contributed by atoms with E-state index >= 15 is 0 Å². The molecule has 8 heteroatoms. The highest BCUT2D eigenvalue weighted by Gasteiger charge is 2.44. The average Bonchev–Trinajstić information content (AvgIpc) is 2.25. The van der Waals surface area contributed by atoms with Crippen LogP contribution in [0.15, 0.2) is 0 Å². The highest BCUT2D eigenvalue weighted by molar-refractivity contribution is 7.92. The van der Waals surface area contributed by atoms with E-state index in [4.69, 9.17) is 9.84 Å². The fraction of sp³-hybridized carbons (Fsp3) is 0.818. The van der Waals surface area contributed by atoms with Crippen LogP contribution in [0.25, 0.3) is 0 Å². The minimum Gasteiger partial charge on any atom is -0.479 e. The number of carbonyl (C=O) groups excluding carboxylic acids is 1. The summed E-state index contributed by atoms with van der Waals surface area (Å²) in [5, 5.41) is 8.94. The molecule has 0 bridgehead atoms. The SMILES string of the molecule is C[C@@H]1CN(C(=O)C(C)(C)S(C)(=O)=O)CC(C(=O)O)O1. The number of amides is 1. The monoisotopic (exact) mass is 293 g/mol. The van der Waals surface area contributed by atoms with E-state index < -0.39 is 38.7 Å². The van der Waals surface area contributed by atoms with Crippen molar-refractivity contribution in [2.24, 2.45) is 0 Å². The molecule has 1 saturated heterocycles. The highest BCUT2D eigenvalue weighted by Crippen LogP contribution is 2.22. The zero-order chi connectivity index (χ0) is 15.0. The zero-order valence-corrected chi connectivity index (χ0v) is 12.2. The molecular weight excluding hydrogens is 274 g/mol. The molecule has 1 rings (SSSR count). The minimum absolute atomic E-state index is 0.141. The van der Waals surface area contributed by atoms with E-state index in [-0.39, 0.29) is 13.1 Å². The summed E-state index contributed by atoms with van der Waals surface area (Å²) in [5.41, 5.74) is 0. The highest BCUT2D eigenvalue weighted by atomic mass is 32.2. The van der Waals surface area contributed by atoms with Gasteiger partial charge in [-0.3, -0.25) is 4.79 Å². The summed E-state index contributed by atoms with van der Waals surface area (Å²) in [7, 11) is -3.59. The Labute approximate surface area is 112 Å². The van der Waals surface area contributed by atoms with E-state index in [1.54, 1.807) is 6.92 Å². The van der Waals surface area contributed by atoms with Crippen LogP contribution in [-0.2, 0) is 24.2 Å². The molecule has 0 saturated carbocycles. The Morgan fingerprint density at radius 1 is 1.32 bits per heavy atom. The molecule has 0 aromatic heterocycles. The van der Waals surface area contributed by atoms with Crippen molar-refractivity contribution < 1.29 is 27.9 Å². The number of nitrogens with zero attached hydrogens (tertiary/aromatic N) is 1. The molecule has 0 radical (unpaired) electrons. The van der Waals surface area contributed by atoms with Crippen LogP contribution in [0.3, 0.4) is 0 Å². The topological polar surface area (TPSA) is 101 Å². The van der Waals surface area contributed by atoms with Crippen LogP contribution in [0.5, 0.6) is 0 Å². The predicted molar refractivity (Wildman–Crippen MR) is 67.5 cm³/mol. The third-order valence-electron chi connectivity index (χ3n) is 3.26. The quantitative estimate of drug-likeness (QED) is 0.753. The van der Waals surface area contributed by atoms with E-state index in [1.807, 2.05) is 0 Å². The molecule has 1 N–H and O–H groups in total. The number of carbonyl (C=O) groups is 2. The fourth-order valence-electron chi connectivity index (χ4n) is 1.79. The molecule has 0 aromatic carbocycles. The second kappa shape index (κ2) is 5.09. The van der Waals surface area contributed by atoms with Gasteiger partial charge in [0.25, 0.3) is 0 Å². The second-order valence-electron chi connectivity index (χ2n) is 5.27. The van der Waals surface area contributed by atoms with Gasteiger partial charge in [0.15, 0.2) is 15.9 Å². The normalized spacial score (nSPS) is 25.2. The van der Waals surface area contributed by atoms with Crippen molar-refractivity contribution in [1.82, 2.24) is 4.90 Å². The summed E-state index contributed by atoms with van der Waals surface area (Å²) in [6, 6.07) is 0. The molecule has 7 nitrogen and oxygen atoms in total. The molecule has 1 unspecified atom stereocenters. The summed E-state index contributed by atoms with van der Waals surface area (Å²) in [6.45, 7) is 4.32. The van der Waals surface area contributed by atoms with Crippen molar-refractivity contribution >= 4 is 21.7 Å². The molecule has 110 valence electrons. The standard InChI is InChI=1S/C11H19NO6S/c1-7-5-12(6-8(18-7)9(13)14)10(15)11(2,3)19(4,16)17/h7-8H,5-6H2,1-4H3,(H,13,14)/t7-,8?/m1/s1. The van der Waals surface area contributed by atoms with Gasteiger partial charge in [-0.25, -0.2) is 13.2 Å². The molecule has 0 aromatic rings. The number of carboxylic acids is 1. The average molecular weight is 293 g/mol. The summed E-state index contributed by atoms with van der Waals surface area (Å²) in [5.74, 6) is -1.77. The number of ether oxygens (including phenoxy) is 1. The van der Waals surface area contributed by atoms with Crippen molar-refractivity contribution in [1.29, 1.82) is 0 Å². The molecule has 19 heavy (non-hydrogen) atoms. The van der Waals surface area contributed by atoms with E-state index in [2.05, 4.69) is 0 Å². The predicted octanol–water partition coefficient (Wildman–Crippen LogP) is -0.490. The Hall–Kier alpha value is -1.15. The number of hydrogen-bond acceptors (Lipinski definition) is 5. The third-order valence-corrected chi connectivity index (χ3v) is 5.29. The van der Waals surface area contributed by atoms with Crippen molar-refractivity contribution in [3.63, 3.8) is 0 Å². The smallest absolute Gasteiger partial charge is 0.334 e. The maximum Gasteiger partial charge on any atom is 0.334 e. The maximum atomic E-state index is 12.3. The lowest BCUT2D eigenvalue weighted by molar-refractivity contribution is -0.167. The molecule has 1 heterocycles. The van der Waals surface area contributed by atoms with Crippen LogP contribution < -0.4 is 0 Å².